The topological polar surface area (TPSA) is 37.8 Å². The van der Waals surface area contributed by atoms with Crippen LogP contribution in [-0.2, 0) is 6.42 Å². The van der Waals surface area contributed by atoms with Crippen LogP contribution in [0.15, 0.2) is 17.6 Å². The number of aromatic nitrogens is 2. The van der Waals surface area contributed by atoms with Gasteiger partial charge in [0, 0.05) is 16.4 Å². The van der Waals surface area contributed by atoms with Crippen LogP contribution >= 0.6 is 22.9 Å². The summed E-state index contributed by atoms with van der Waals surface area (Å²) in [6.45, 7) is 0. The van der Waals surface area contributed by atoms with Gasteiger partial charge in [0.15, 0.2) is 0 Å². The Morgan fingerprint density at radius 1 is 1.47 bits per heavy atom. The molecule has 3 nitrogen and oxygen atoms in total. The van der Waals surface area contributed by atoms with E-state index in [1.807, 2.05) is 11.3 Å². The Hall–Kier alpha value is -0.940. The number of hydrogen-bond acceptors (Lipinski definition) is 5. The van der Waals surface area contributed by atoms with Crippen LogP contribution in [0.4, 0.5) is 5.00 Å². The largest absolute Gasteiger partial charge is 0.367 e. The lowest BCUT2D eigenvalue weighted by Crippen LogP contribution is -2.14. The molecule has 1 unspecified atom stereocenters. The third-order valence-corrected chi connectivity index (χ3v) is 4.32. The Labute approximate surface area is 96.3 Å². The summed E-state index contributed by atoms with van der Waals surface area (Å²) in [5.74, 6) is 0. The first-order chi connectivity index (χ1) is 7.43. The standard InChI is InChI=1S/C10H11N3S2/c1-2-8(12-10-6-11-13-15-10)7-4-5-14-9(7)3-1/h4-6,8,12H,1-3H2. The van der Waals surface area contributed by atoms with Crippen LogP contribution in [0.25, 0.3) is 0 Å². The Morgan fingerprint density at radius 3 is 3.33 bits per heavy atom. The average Bonchev–Trinajstić information content (AvgIpc) is 2.87. The maximum absolute atomic E-state index is 3.86. The monoisotopic (exact) mass is 237 g/mol. The van der Waals surface area contributed by atoms with E-state index in [9.17, 15) is 0 Å². The normalized spacial score (nSPS) is 19.9. The number of nitrogens with zero attached hydrogens (tertiary/aromatic N) is 2. The van der Waals surface area contributed by atoms with Crippen LogP contribution in [0.3, 0.4) is 0 Å². The number of nitrogens with one attached hydrogen (secondary N) is 1. The van der Waals surface area contributed by atoms with Crippen molar-refractivity contribution in [1.82, 2.24) is 9.59 Å². The molecule has 0 amide bonds. The molecule has 78 valence electrons. The van der Waals surface area contributed by atoms with Gasteiger partial charge in [-0.25, -0.2) is 0 Å². The highest BCUT2D eigenvalue weighted by Gasteiger charge is 2.21. The second kappa shape index (κ2) is 3.90. The molecule has 2 aromatic heterocycles. The number of thiophene rings is 1. The van der Waals surface area contributed by atoms with Gasteiger partial charge < -0.3 is 5.32 Å². The summed E-state index contributed by atoms with van der Waals surface area (Å²) < 4.78 is 3.86. The van der Waals surface area contributed by atoms with Gasteiger partial charge in [-0.15, -0.1) is 16.4 Å². The molecule has 1 N–H and O–H groups in total. The second-order valence-electron chi connectivity index (χ2n) is 3.67. The van der Waals surface area contributed by atoms with Crippen molar-refractivity contribution in [2.75, 3.05) is 5.32 Å². The molecule has 0 fully saturated rings. The third-order valence-electron chi connectivity index (χ3n) is 2.73. The molecule has 2 heterocycles. The van der Waals surface area contributed by atoms with Crippen molar-refractivity contribution in [3.05, 3.63) is 28.1 Å². The minimum atomic E-state index is 0.460. The molecule has 0 bridgehead atoms. The summed E-state index contributed by atoms with van der Waals surface area (Å²) in [4.78, 5) is 1.54. The Kier molecular flexibility index (Phi) is 2.42. The smallest absolute Gasteiger partial charge is 0.130 e. The molecule has 0 saturated carbocycles. The summed E-state index contributed by atoms with van der Waals surface area (Å²) in [5.41, 5.74) is 1.47. The first-order valence-electron chi connectivity index (χ1n) is 5.03. The summed E-state index contributed by atoms with van der Waals surface area (Å²) in [5, 5.41) is 10.6. The molecule has 5 heteroatoms. The van der Waals surface area contributed by atoms with Gasteiger partial charge in [0.05, 0.1) is 12.2 Å². The lowest BCUT2D eigenvalue weighted by Gasteiger charge is -2.23. The summed E-state index contributed by atoms with van der Waals surface area (Å²) >= 11 is 3.30. The van der Waals surface area contributed by atoms with Crippen molar-refractivity contribution in [2.24, 2.45) is 0 Å². The molecule has 0 aromatic carbocycles. The van der Waals surface area contributed by atoms with Crippen molar-refractivity contribution in [3.8, 4) is 0 Å². The van der Waals surface area contributed by atoms with Gasteiger partial charge in [-0.05, 0) is 36.3 Å². The van der Waals surface area contributed by atoms with Gasteiger partial charge in [0.2, 0.25) is 0 Å². The van der Waals surface area contributed by atoms with E-state index in [2.05, 4.69) is 26.4 Å². The van der Waals surface area contributed by atoms with Gasteiger partial charge in [-0.2, -0.15) is 0 Å². The molecule has 0 aliphatic heterocycles. The average molecular weight is 237 g/mol. The van der Waals surface area contributed by atoms with Crippen molar-refractivity contribution in [3.63, 3.8) is 0 Å². The van der Waals surface area contributed by atoms with Crippen molar-refractivity contribution in [1.29, 1.82) is 0 Å². The van der Waals surface area contributed by atoms with Crippen LogP contribution in [0.2, 0.25) is 0 Å². The fourth-order valence-corrected chi connectivity index (χ4v) is 3.50. The molecule has 1 atom stereocenters. The third kappa shape index (κ3) is 1.77. The zero-order valence-electron chi connectivity index (χ0n) is 8.14. The molecule has 0 radical (unpaired) electrons. The Morgan fingerprint density at radius 2 is 2.47 bits per heavy atom. The molecule has 3 rings (SSSR count). The lowest BCUT2D eigenvalue weighted by molar-refractivity contribution is 0.610. The van der Waals surface area contributed by atoms with Crippen LogP contribution in [-0.4, -0.2) is 9.59 Å². The SMILES string of the molecule is c1cc2c(s1)CCCC2Nc1cnns1. The molecule has 0 spiro atoms. The molecule has 0 saturated heterocycles. The highest BCUT2D eigenvalue weighted by molar-refractivity contribution is 7.10. The summed E-state index contributed by atoms with van der Waals surface area (Å²) in [7, 11) is 0. The first-order valence-corrected chi connectivity index (χ1v) is 6.69. The van der Waals surface area contributed by atoms with Crippen LogP contribution in [0, 0.1) is 0 Å². The van der Waals surface area contributed by atoms with Gasteiger partial charge in [0.25, 0.3) is 0 Å². The molecule has 2 aromatic rings. The highest BCUT2D eigenvalue weighted by atomic mass is 32.1. The quantitative estimate of drug-likeness (QED) is 0.872. The molecule has 1 aliphatic carbocycles. The van der Waals surface area contributed by atoms with E-state index in [-0.39, 0.29) is 0 Å². The second-order valence-corrected chi connectivity index (χ2v) is 5.46. The minimum Gasteiger partial charge on any atom is -0.367 e. The van der Waals surface area contributed by atoms with Crippen molar-refractivity contribution >= 4 is 27.9 Å². The summed E-state index contributed by atoms with van der Waals surface area (Å²) in [6, 6.07) is 2.70. The summed E-state index contributed by atoms with van der Waals surface area (Å²) in [6.07, 6.45) is 5.52. The first kappa shape index (κ1) is 9.30. The van der Waals surface area contributed by atoms with Crippen LogP contribution in [0.1, 0.15) is 29.3 Å². The number of rotatable bonds is 2. The molecular formula is C10H11N3S2. The van der Waals surface area contributed by atoms with Crippen molar-refractivity contribution < 1.29 is 0 Å². The van der Waals surface area contributed by atoms with Crippen molar-refractivity contribution in [2.45, 2.75) is 25.3 Å². The van der Waals surface area contributed by atoms with Crippen LogP contribution < -0.4 is 5.32 Å². The van der Waals surface area contributed by atoms with Gasteiger partial charge in [-0.3, -0.25) is 0 Å². The molecule has 1 aliphatic rings. The maximum Gasteiger partial charge on any atom is 0.130 e. The predicted octanol–water partition coefficient (Wildman–Crippen LogP) is 3.09. The minimum absolute atomic E-state index is 0.460. The Balaban J connectivity index is 1.84. The fraction of sp³-hybridized carbons (Fsp3) is 0.400. The molecular weight excluding hydrogens is 226 g/mol. The predicted molar refractivity (Wildman–Crippen MR) is 63.5 cm³/mol. The maximum atomic E-state index is 3.86. The number of fused-ring (bicyclic) bond motifs is 1. The molecule has 15 heavy (non-hydrogen) atoms. The van der Waals surface area contributed by atoms with Gasteiger partial charge in [-0.1, -0.05) is 4.49 Å². The Bertz CT molecular complexity index is 435. The van der Waals surface area contributed by atoms with Gasteiger partial charge in [0.1, 0.15) is 5.00 Å². The van der Waals surface area contributed by atoms with E-state index in [4.69, 9.17) is 0 Å². The van der Waals surface area contributed by atoms with E-state index >= 15 is 0 Å². The fourth-order valence-electron chi connectivity index (χ4n) is 2.04. The van der Waals surface area contributed by atoms with E-state index in [0.29, 0.717) is 6.04 Å². The van der Waals surface area contributed by atoms with E-state index in [0.717, 1.165) is 5.00 Å². The number of hydrogen-bond donors (Lipinski definition) is 1. The van der Waals surface area contributed by atoms with Crippen LogP contribution in [0.5, 0.6) is 0 Å². The zero-order chi connectivity index (χ0) is 10.1. The van der Waals surface area contributed by atoms with E-state index in [1.165, 1.54) is 41.2 Å². The van der Waals surface area contributed by atoms with Gasteiger partial charge >= 0.3 is 0 Å². The number of aryl methyl sites for hydroxylation is 1. The zero-order valence-corrected chi connectivity index (χ0v) is 9.77. The van der Waals surface area contributed by atoms with E-state index < -0.39 is 0 Å². The highest BCUT2D eigenvalue weighted by Crippen LogP contribution is 2.35. The number of anilines is 1. The van der Waals surface area contributed by atoms with E-state index in [1.54, 1.807) is 6.20 Å². The lowest BCUT2D eigenvalue weighted by atomic mass is 9.94.